The first-order chi connectivity index (χ1) is 7.70. The molecule has 1 aromatic rings. The highest BCUT2D eigenvalue weighted by Gasteiger charge is 2.12. The highest BCUT2D eigenvalue weighted by atomic mass is 15.1. The molecule has 84 valence electrons. The normalized spacial score (nSPS) is 12.8. The third kappa shape index (κ3) is 2.77. The molecular formula is C13H17N3. The molecule has 0 bridgehead atoms. The lowest BCUT2D eigenvalue weighted by Gasteiger charge is -2.25. The number of nitrogens with one attached hydrogen (secondary N) is 1. The highest BCUT2D eigenvalue weighted by molar-refractivity contribution is 5.64. The minimum absolute atomic E-state index is 0.153. The van der Waals surface area contributed by atoms with Gasteiger partial charge in [0.1, 0.15) is 6.04 Å². The molecule has 3 nitrogen and oxygen atoms in total. The van der Waals surface area contributed by atoms with Gasteiger partial charge in [0.15, 0.2) is 0 Å². The van der Waals surface area contributed by atoms with E-state index in [1.807, 2.05) is 62.5 Å². The second-order valence-corrected chi connectivity index (χ2v) is 3.60. The first kappa shape index (κ1) is 12.1. The van der Waals surface area contributed by atoms with Gasteiger partial charge < -0.3 is 10.2 Å². The summed E-state index contributed by atoms with van der Waals surface area (Å²) < 4.78 is 0. The topological polar surface area (TPSA) is 39.1 Å². The van der Waals surface area contributed by atoms with Gasteiger partial charge in [-0.3, -0.25) is 0 Å². The van der Waals surface area contributed by atoms with Crippen LogP contribution in [0.4, 0.5) is 0 Å². The van der Waals surface area contributed by atoms with Crippen LogP contribution in [0.3, 0.4) is 0 Å². The van der Waals surface area contributed by atoms with Crippen LogP contribution in [0.15, 0.2) is 36.5 Å². The van der Waals surface area contributed by atoms with E-state index in [1.165, 1.54) is 0 Å². The summed E-state index contributed by atoms with van der Waals surface area (Å²) in [5.41, 5.74) is 2.11. The molecule has 0 spiro atoms. The molecule has 0 heterocycles. The van der Waals surface area contributed by atoms with Crippen molar-refractivity contribution in [2.24, 2.45) is 0 Å². The summed E-state index contributed by atoms with van der Waals surface area (Å²) >= 11 is 0. The lowest BCUT2D eigenvalue weighted by Crippen LogP contribution is -2.27. The van der Waals surface area contributed by atoms with Crippen molar-refractivity contribution >= 4 is 5.70 Å². The molecule has 0 radical (unpaired) electrons. The van der Waals surface area contributed by atoms with Crippen molar-refractivity contribution in [2.75, 3.05) is 14.1 Å². The first-order valence-corrected chi connectivity index (χ1v) is 5.26. The van der Waals surface area contributed by atoms with E-state index >= 15 is 0 Å². The molecule has 0 aromatic heterocycles. The van der Waals surface area contributed by atoms with Gasteiger partial charge in [-0.2, -0.15) is 5.26 Å². The minimum atomic E-state index is -0.153. The zero-order valence-corrected chi connectivity index (χ0v) is 9.94. The van der Waals surface area contributed by atoms with Crippen LogP contribution in [0.25, 0.3) is 5.70 Å². The summed E-state index contributed by atoms with van der Waals surface area (Å²) in [5, 5.41) is 11.9. The minimum Gasteiger partial charge on any atom is -0.392 e. The van der Waals surface area contributed by atoms with Gasteiger partial charge in [0.2, 0.25) is 0 Å². The predicted octanol–water partition coefficient (Wildman–Crippen LogP) is 2.05. The van der Waals surface area contributed by atoms with Crippen LogP contribution in [-0.2, 0) is 0 Å². The van der Waals surface area contributed by atoms with E-state index in [-0.39, 0.29) is 6.04 Å². The van der Waals surface area contributed by atoms with Gasteiger partial charge in [0.25, 0.3) is 0 Å². The number of hydrogen-bond donors (Lipinski definition) is 1. The Balaban J connectivity index is 3.03. The molecule has 0 aliphatic heterocycles. The summed E-state index contributed by atoms with van der Waals surface area (Å²) in [7, 11) is 3.78. The van der Waals surface area contributed by atoms with Crippen molar-refractivity contribution in [1.82, 2.24) is 10.2 Å². The number of nitrogens with zero attached hydrogens (tertiary/aromatic N) is 2. The second kappa shape index (κ2) is 5.82. The molecule has 1 aromatic carbocycles. The Hall–Kier alpha value is -1.95. The number of hydrogen-bond acceptors (Lipinski definition) is 3. The van der Waals surface area contributed by atoms with Gasteiger partial charge in [0.05, 0.1) is 11.8 Å². The van der Waals surface area contributed by atoms with Crippen LogP contribution in [-0.4, -0.2) is 25.0 Å². The van der Waals surface area contributed by atoms with Crippen LogP contribution in [0, 0.1) is 11.3 Å². The van der Waals surface area contributed by atoms with E-state index in [4.69, 9.17) is 5.26 Å². The van der Waals surface area contributed by atoms with Gasteiger partial charge in [-0.25, -0.2) is 0 Å². The Bertz CT molecular complexity index is 389. The Kier molecular flexibility index (Phi) is 4.41. The van der Waals surface area contributed by atoms with E-state index in [2.05, 4.69) is 11.4 Å². The number of benzene rings is 1. The van der Waals surface area contributed by atoms with Crippen molar-refractivity contribution in [3.8, 4) is 6.07 Å². The van der Waals surface area contributed by atoms with Gasteiger partial charge in [-0.15, -0.1) is 0 Å². The Morgan fingerprint density at radius 2 is 2.06 bits per heavy atom. The maximum Gasteiger partial charge on any atom is 0.113 e. The van der Waals surface area contributed by atoms with E-state index in [1.54, 1.807) is 0 Å². The van der Waals surface area contributed by atoms with Gasteiger partial charge in [-0.05, 0) is 12.5 Å². The van der Waals surface area contributed by atoms with Gasteiger partial charge in [-0.1, -0.05) is 30.3 Å². The van der Waals surface area contributed by atoms with Gasteiger partial charge in [0, 0.05) is 20.3 Å². The summed E-state index contributed by atoms with van der Waals surface area (Å²) in [6.07, 6.45) is 1.91. The average molecular weight is 215 g/mol. The monoisotopic (exact) mass is 215 g/mol. The van der Waals surface area contributed by atoms with Crippen LogP contribution in [0.2, 0.25) is 0 Å². The molecule has 0 saturated heterocycles. The summed E-state index contributed by atoms with van der Waals surface area (Å²) in [6.45, 7) is 1.88. The predicted molar refractivity (Wildman–Crippen MR) is 66.3 cm³/mol. The van der Waals surface area contributed by atoms with Crippen molar-refractivity contribution in [2.45, 2.75) is 13.0 Å². The van der Waals surface area contributed by atoms with Crippen LogP contribution >= 0.6 is 0 Å². The highest BCUT2D eigenvalue weighted by Crippen LogP contribution is 2.18. The Morgan fingerprint density at radius 1 is 1.44 bits per heavy atom. The zero-order chi connectivity index (χ0) is 12.0. The second-order valence-electron chi connectivity index (χ2n) is 3.60. The van der Waals surface area contributed by atoms with Crippen molar-refractivity contribution < 1.29 is 0 Å². The molecule has 1 atom stereocenters. The van der Waals surface area contributed by atoms with Crippen LogP contribution in [0.5, 0.6) is 0 Å². The molecule has 1 N–H and O–H groups in total. The summed E-state index contributed by atoms with van der Waals surface area (Å²) in [6, 6.07) is 12.1. The number of nitriles is 1. The van der Waals surface area contributed by atoms with Crippen LogP contribution in [0.1, 0.15) is 12.5 Å². The molecule has 0 amide bonds. The van der Waals surface area contributed by atoms with Crippen molar-refractivity contribution in [3.63, 3.8) is 0 Å². The SMILES string of the molecule is CN/C=C(/c1ccccc1)N(C)C(C)C#N. The summed E-state index contributed by atoms with van der Waals surface area (Å²) in [4.78, 5) is 1.95. The molecule has 1 unspecified atom stereocenters. The third-order valence-electron chi connectivity index (χ3n) is 2.50. The van der Waals surface area contributed by atoms with E-state index in [0.29, 0.717) is 0 Å². The number of rotatable bonds is 4. The lowest BCUT2D eigenvalue weighted by atomic mass is 10.1. The molecule has 16 heavy (non-hydrogen) atoms. The fraction of sp³-hybridized carbons (Fsp3) is 0.308. The third-order valence-corrected chi connectivity index (χ3v) is 2.50. The molecular weight excluding hydrogens is 198 g/mol. The lowest BCUT2D eigenvalue weighted by molar-refractivity contribution is 0.436. The largest absolute Gasteiger partial charge is 0.392 e. The molecule has 0 saturated carbocycles. The Labute approximate surface area is 97.0 Å². The first-order valence-electron chi connectivity index (χ1n) is 5.26. The molecule has 0 fully saturated rings. The van der Waals surface area contributed by atoms with Gasteiger partial charge >= 0.3 is 0 Å². The quantitative estimate of drug-likeness (QED) is 0.835. The van der Waals surface area contributed by atoms with Crippen molar-refractivity contribution in [3.05, 3.63) is 42.1 Å². The van der Waals surface area contributed by atoms with E-state index < -0.39 is 0 Å². The standard InChI is InChI=1S/C13H17N3/c1-11(9-14)16(3)13(10-15-2)12-7-5-4-6-8-12/h4-8,10-11,15H,1-3H3/b13-10-. The van der Waals surface area contributed by atoms with E-state index in [0.717, 1.165) is 11.3 Å². The smallest absolute Gasteiger partial charge is 0.113 e. The summed E-state index contributed by atoms with van der Waals surface area (Å²) in [5.74, 6) is 0. The van der Waals surface area contributed by atoms with E-state index in [9.17, 15) is 0 Å². The van der Waals surface area contributed by atoms with Crippen molar-refractivity contribution in [1.29, 1.82) is 5.26 Å². The fourth-order valence-electron chi connectivity index (χ4n) is 1.43. The molecule has 0 aliphatic carbocycles. The fourth-order valence-corrected chi connectivity index (χ4v) is 1.43. The molecule has 0 aliphatic rings. The maximum atomic E-state index is 8.93. The average Bonchev–Trinajstić information content (AvgIpc) is 2.35. The zero-order valence-electron chi connectivity index (χ0n) is 9.94. The van der Waals surface area contributed by atoms with Crippen LogP contribution < -0.4 is 5.32 Å². The molecule has 1 rings (SSSR count). The molecule has 3 heteroatoms. The maximum absolute atomic E-state index is 8.93. The Morgan fingerprint density at radius 3 is 2.56 bits per heavy atom.